The van der Waals surface area contributed by atoms with Crippen molar-refractivity contribution in [3.8, 4) is 11.4 Å². The molecule has 0 saturated carbocycles. The Kier molecular flexibility index (Phi) is 9.38. The molecule has 1 fully saturated rings. The van der Waals surface area contributed by atoms with Crippen molar-refractivity contribution in [2.24, 2.45) is 11.1 Å². The summed E-state index contributed by atoms with van der Waals surface area (Å²) >= 11 is 0. The maximum atomic E-state index is 15.0. The number of alkyl halides is 1. The molecule has 4 rings (SSSR count). The largest absolute Gasteiger partial charge is 0.372 e. The normalized spacial score (nSPS) is 19.2. The summed E-state index contributed by atoms with van der Waals surface area (Å²) in [7, 11) is 0. The Hall–Kier alpha value is -3.44. The van der Waals surface area contributed by atoms with E-state index in [1.807, 2.05) is 65.0 Å². The van der Waals surface area contributed by atoms with Gasteiger partial charge in [0.2, 0.25) is 0 Å². The van der Waals surface area contributed by atoms with Gasteiger partial charge in [-0.3, -0.25) is 0 Å². The van der Waals surface area contributed by atoms with Crippen molar-refractivity contribution in [2.75, 3.05) is 26.2 Å². The van der Waals surface area contributed by atoms with E-state index < -0.39 is 29.3 Å². The molecule has 1 aliphatic rings. The molecule has 1 aromatic heterocycles. The van der Waals surface area contributed by atoms with Gasteiger partial charge in [0.1, 0.15) is 17.8 Å². The van der Waals surface area contributed by atoms with Crippen molar-refractivity contribution < 1.29 is 22.7 Å². The number of halogens is 3. The maximum absolute atomic E-state index is 15.0. The topological polar surface area (TPSA) is 89.5 Å². The lowest BCUT2D eigenvalue weighted by Crippen LogP contribution is -2.56. The fourth-order valence-corrected chi connectivity index (χ4v) is 5.30. The van der Waals surface area contributed by atoms with Crippen LogP contribution in [0.15, 0.2) is 48.5 Å². The van der Waals surface area contributed by atoms with Crippen molar-refractivity contribution in [3.05, 3.63) is 71.6 Å². The molecule has 2 aromatic carbocycles. The Bertz CT molecular complexity index is 1320. The summed E-state index contributed by atoms with van der Waals surface area (Å²) in [6.07, 6.45) is -1.89. The Balaban J connectivity index is 1.87. The van der Waals surface area contributed by atoms with Crippen LogP contribution >= 0.6 is 0 Å². The molecule has 2 heterocycles. The van der Waals surface area contributed by atoms with Crippen molar-refractivity contribution >= 4 is 6.03 Å². The van der Waals surface area contributed by atoms with Crippen molar-refractivity contribution in [2.45, 2.75) is 65.6 Å². The van der Waals surface area contributed by atoms with E-state index in [0.717, 1.165) is 23.8 Å². The van der Waals surface area contributed by atoms with E-state index in [-0.39, 0.29) is 49.3 Å². The number of rotatable bonds is 8. The lowest BCUT2D eigenvalue weighted by Gasteiger charge is -2.44. The van der Waals surface area contributed by atoms with Crippen molar-refractivity contribution in [1.29, 1.82) is 0 Å². The SMILES string of the molecule is C[C@@H]1CN(C(=O)N(C[C@@H](F)CN)C(c2nc(-c3cc(F)ccc3F)nn2Cc2ccccc2)C(C)(C)C)C[C@H](C)O1. The van der Waals surface area contributed by atoms with Gasteiger partial charge in [0.05, 0.1) is 36.9 Å². The highest BCUT2D eigenvalue weighted by Crippen LogP contribution is 2.39. The van der Waals surface area contributed by atoms with Crippen molar-refractivity contribution in [1.82, 2.24) is 24.6 Å². The number of aromatic nitrogens is 3. The van der Waals surface area contributed by atoms with Crippen LogP contribution in [0.25, 0.3) is 11.4 Å². The van der Waals surface area contributed by atoms with Crippen molar-refractivity contribution in [3.63, 3.8) is 0 Å². The maximum Gasteiger partial charge on any atom is 0.320 e. The number of urea groups is 1. The second-order valence-electron chi connectivity index (χ2n) is 11.8. The lowest BCUT2D eigenvalue weighted by atomic mass is 9.84. The van der Waals surface area contributed by atoms with Crippen LogP contribution in [0.2, 0.25) is 0 Å². The number of carbonyl (C=O) groups excluding carboxylic acids is 1. The van der Waals surface area contributed by atoms with E-state index >= 15 is 4.39 Å². The summed E-state index contributed by atoms with van der Waals surface area (Å²) in [6.45, 7) is 9.90. The molecule has 0 bridgehead atoms. The fourth-order valence-electron chi connectivity index (χ4n) is 5.30. The second kappa shape index (κ2) is 12.6. The van der Waals surface area contributed by atoms with Gasteiger partial charge < -0.3 is 20.3 Å². The zero-order valence-electron chi connectivity index (χ0n) is 24.2. The summed E-state index contributed by atoms with van der Waals surface area (Å²) in [5.41, 5.74) is 5.78. The molecule has 8 nitrogen and oxygen atoms in total. The molecule has 222 valence electrons. The van der Waals surface area contributed by atoms with Gasteiger partial charge in [-0.2, -0.15) is 5.10 Å². The average Bonchev–Trinajstić information content (AvgIpc) is 3.30. The molecule has 1 aliphatic heterocycles. The first-order valence-corrected chi connectivity index (χ1v) is 13.9. The highest BCUT2D eigenvalue weighted by molar-refractivity contribution is 5.75. The number of benzene rings is 2. The third-order valence-electron chi connectivity index (χ3n) is 7.01. The summed E-state index contributed by atoms with van der Waals surface area (Å²) in [5, 5.41) is 4.60. The lowest BCUT2D eigenvalue weighted by molar-refractivity contribution is -0.0620. The highest BCUT2D eigenvalue weighted by atomic mass is 19.1. The van der Waals surface area contributed by atoms with E-state index in [1.165, 1.54) is 4.90 Å². The third-order valence-corrected chi connectivity index (χ3v) is 7.01. The number of carbonyl (C=O) groups is 1. The van der Waals surface area contributed by atoms with Crippen LogP contribution in [0.3, 0.4) is 0 Å². The number of hydrogen-bond donors (Lipinski definition) is 1. The van der Waals surface area contributed by atoms with Gasteiger partial charge in [0, 0.05) is 19.6 Å². The molecule has 2 N–H and O–H groups in total. The highest BCUT2D eigenvalue weighted by Gasteiger charge is 2.42. The second-order valence-corrected chi connectivity index (χ2v) is 11.8. The summed E-state index contributed by atoms with van der Waals surface area (Å²) in [4.78, 5) is 22.0. The quantitative estimate of drug-likeness (QED) is 0.402. The Morgan fingerprint density at radius 3 is 2.39 bits per heavy atom. The minimum Gasteiger partial charge on any atom is -0.372 e. The summed E-state index contributed by atoms with van der Waals surface area (Å²) < 4.78 is 51.5. The number of morpholine rings is 1. The van der Waals surface area contributed by atoms with E-state index in [9.17, 15) is 13.6 Å². The predicted octanol–water partition coefficient (Wildman–Crippen LogP) is 5.19. The van der Waals surface area contributed by atoms with Crippen LogP contribution < -0.4 is 5.73 Å². The number of amides is 2. The van der Waals surface area contributed by atoms with Crippen LogP contribution in [0.1, 0.15) is 52.0 Å². The molecule has 41 heavy (non-hydrogen) atoms. The van der Waals surface area contributed by atoms with Crippen LogP contribution in [-0.4, -0.2) is 75.2 Å². The van der Waals surface area contributed by atoms with Crippen LogP contribution in [0.4, 0.5) is 18.0 Å². The first-order chi connectivity index (χ1) is 19.4. The number of hydrogen-bond acceptors (Lipinski definition) is 5. The Labute approximate surface area is 239 Å². The van der Waals surface area contributed by atoms with Gasteiger partial charge >= 0.3 is 6.03 Å². The summed E-state index contributed by atoms with van der Waals surface area (Å²) in [6, 6.07) is 11.4. The zero-order valence-corrected chi connectivity index (χ0v) is 24.2. The molecule has 1 unspecified atom stereocenters. The monoisotopic (exact) mass is 572 g/mol. The Morgan fingerprint density at radius 1 is 1.12 bits per heavy atom. The average molecular weight is 573 g/mol. The van der Waals surface area contributed by atoms with Gasteiger partial charge in [-0.1, -0.05) is 51.1 Å². The molecule has 0 aliphatic carbocycles. The van der Waals surface area contributed by atoms with Gasteiger partial charge in [0.15, 0.2) is 11.6 Å². The van der Waals surface area contributed by atoms with E-state index in [4.69, 9.17) is 15.5 Å². The molecule has 1 saturated heterocycles. The van der Waals surface area contributed by atoms with Crippen LogP contribution in [0, 0.1) is 17.0 Å². The number of ether oxygens (including phenoxy) is 1. The molecule has 4 atom stereocenters. The molecule has 3 aromatic rings. The number of nitrogens with two attached hydrogens (primary N) is 1. The van der Waals surface area contributed by atoms with Gasteiger partial charge in [-0.15, -0.1) is 0 Å². The third kappa shape index (κ3) is 7.26. The first kappa shape index (κ1) is 30.5. The molecule has 0 radical (unpaired) electrons. The van der Waals surface area contributed by atoms with Gasteiger partial charge in [0.25, 0.3) is 0 Å². The molecule has 11 heteroatoms. The Morgan fingerprint density at radius 2 is 1.78 bits per heavy atom. The minimum atomic E-state index is -1.50. The number of nitrogens with zero attached hydrogens (tertiary/aromatic N) is 5. The minimum absolute atomic E-state index is 0.0289. The fraction of sp³-hybridized carbons (Fsp3) is 0.500. The first-order valence-electron chi connectivity index (χ1n) is 13.9. The van der Waals surface area contributed by atoms with E-state index in [0.29, 0.717) is 18.9 Å². The zero-order chi connectivity index (χ0) is 29.9. The van der Waals surface area contributed by atoms with Crippen LogP contribution in [0.5, 0.6) is 0 Å². The molecule has 0 spiro atoms. The standard InChI is InChI=1S/C30H39F3N6O2/c1-19-15-37(16-20(2)41-19)29(40)38(18-23(32)14-34)26(30(3,4)5)28-35-27(24-13-22(31)11-12-25(24)33)36-39(28)17-21-9-7-6-8-10-21/h6-13,19-20,23,26H,14-18,34H2,1-5H3/t19-,20+,23-,26?/m0/s1. The van der Waals surface area contributed by atoms with E-state index in [2.05, 4.69) is 5.10 Å². The summed E-state index contributed by atoms with van der Waals surface area (Å²) in [5.74, 6) is -1.02. The molecular weight excluding hydrogens is 533 g/mol. The van der Waals surface area contributed by atoms with Gasteiger partial charge in [-0.05, 0) is 43.0 Å². The molecule has 2 amide bonds. The smallest absolute Gasteiger partial charge is 0.320 e. The van der Waals surface area contributed by atoms with E-state index in [1.54, 1.807) is 9.58 Å². The van der Waals surface area contributed by atoms with Gasteiger partial charge in [-0.25, -0.2) is 27.6 Å². The predicted molar refractivity (Wildman–Crippen MR) is 151 cm³/mol. The molecular formula is C30H39F3N6O2. The van der Waals surface area contributed by atoms with Crippen LogP contribution in [-0.2, 0) is 11.3 Å².